The molecular weight excluding hydrogens is 288 g/mol. The van der Waals surface area contributed by atoms with Crippen molar-refractivity contribution in [2.45, 2.75) is 31.3 Å². The van der Waals surface area contributed by atoms with Crippen LogP contribution in [0.2, 0.25) is 0 Å². The van der Waals surface area contributed by atoms with Crippen molar-refractivity contribution in [2.24, 2.45) is 11.7 Å². The highest BCUT2D eigenvalue weighted by molar-refractivity contribution is 7.88. The molecule has 4 saturated heterocycles. The fourth-order valence-electron chi connectivity index (χ4n) is 4.13. The second-order valence-corrected chi connectivity index (χ2v) is 8.92. The van der Waals surface area contributed by atoms with Crippen LogP contribution in [0.15, 0.2) is 0 Å². The first-order valence-corrected chi connectivity index (χ1v) is 9.95. The van der Waals surface area contributed by atoms with E-state index in [9.17, 15) is 8.42 Å². The van der Waals surface area contributed by atoms with Gasteiger partial charge in [-0.25, -0.2) is 12.7 Å². The molecule has 3 unspecified atom stereocenters. The Labute approximate surface area is 128 Å². The second kappa shape index (κ2) is 6.12. The molecule has 6 nitrogen and oxygen atoms in total. The normalized spacial score (nSPS) is 39.3. The van der Waals surface area contributed by atoms with Crippen LogP contribution in [0.3, 0.4) is 0 Å². The summed E-state index contributed by atoms with van der Waals surface area (Å²) in [4.78, 5) is 5.04. The van der Waals surface area contributed by atoms with Crippen LogP contribution in [-0.4, -0.2) is 86.7 Å². The van der Waals surface area contributed by atoms with E-state index in [-0.39, 0.29) is 6.04 Å². The van der Waals surface area contributed by atoms with Gasteiger partial charge in [-0.2, -0.15) is 0 Å². The van der Waals surface area contributed by atoms with Crippen molar-refractivity contribution in [1.29, 1.82) is 0 Å². The van der Waals surface area contributed by atoms with Crippen molar-refractivity contribution >= 4 is 10.0 Å². The fraction of sp³-hybridized carbons (Fsp3) is 1.00. The third-order valence-corrected chi connectivity index (χ3v) is 6.64. The average Bonchev–Trinajstić information content (AvgIpc) is 2.48. The largest absolute Gasteiger partial charge is 0.326 e. The highest BCUT2D eigenvalue weighted by Crippen LogP contribution is 2.26. The van der Waals surface area contributed by atoms with Gasteiger partial charge in [-0.15, -0.1) is 0 Å². The van der Waals surface area contributed by atoms with E-state index in [0.717, 1.165) is 38.9 Å². The predicted molar refractivity (Wildman–Crippen MR) is 83.5 cm³/mol. The zero-order valence-corrected chi connectivity index (χ0v) is 13.8. The van der Waals surface area contributed by atoms with Crippen molar-refractivity contribution in [1.82, 2.24) is 14.1 Å². The Hall–Kier alpha value is -0.210. The summed E-state index contributed by atoms with van der Waals surface area (Å²) in [6, 6.07) is 0.624. The SMILES string of the molecule is CS(=O)(=O)N1CCCC(CC(N)C2CN3CCN2CC3)C1. The molecule has 3 atom stereocenters. The van der Waals surface area contributed by atoms with E-state index >= 15 is 0 Å². The van der Waals surface area contributed by atoms with Crippen LogP contribution in [-0.2, 0) is 10.0 Å². The van der Waals surface area contributed by atoms with Crippen LogP contribution >= 0.6 is 0 Å². The van der Waals surface area contributed by atoms with Crippen LogP contribution in [0, 0.1) is 5.92 Å². The molecule has 0 amide bonds. The van der Waals surface area contributed by atoms with Crippen molar-refractivity contribution in [3.8, 4) is 0 Å². The highest BCUT2D eigenvalue weighted by Gasteiger charge is 2.37. The van der Waals surface area contributed by atoms with Gasteiger partial charge in [-0.05, 0) is 25.2 Å². The van der Waals surface area contributed by atoms with Gasteiger partial charge in [0.2, 0.25) is 10.0 Å². The molecule has 21 heavy (non-hydrogen) atoms. The van der Waals surface area contributed by atoms with E-state index in [2.05, 4.69) is 9.80 Å². The summed E-state index contributed by atoms with van der Waals surface area (Å²) in [5.41, 5.74) is 6.48. The molecule has 4 aliphatic heterocycles. The first kappa shape index (κ1) is 15.7. The lowest BCUT2D eigenvalue weighted by molar-refractivity contribution is -0.00176. The Morgan fingerprint density at radius 3 is 2.43 bits per heavy atom. The molecule has 2 bridgehead atoms. The molecule has 7 heteroatoms. The number of hydrogen-bond acceptors (Lipinski definition) is 5. The van der Waals surface area contributed by atoms with E-state index < -0.39 is 10.0 Å². The standard InChI is InChI=1S/C14H28N4O2S/c1-21(19,20)18-4-2-3-12(10-18)9-13(15)14-11-16-5-7-17(14)8-6-16/h12-14H,2-11,15H2,1H3. The zero-order chi connectivity index (χ0) is 15.0. The Kier molecular flexibility index (Phi) is 4.57. The van der Waals surface area contributed by atoms with E-state index in [1.807, 2.05) is 0 Å². The summed E-state index contributed by atoms with van der Waals surface area (Å²) in [6.07, 6.45) is 4.33. The lowest BCUT2D eigenvalue weighted by Gasteiger charge is -2.50. The lowest BCUT2D eigenvalue weighted by Crippen LogP contribution is -2.66. The summed E-state index contributed by atoms with van der Waals surface area (Å²) < 4.78 is 25.0. The minimum atomic E-state index is -3.05. The molecule has 0 aromatic rings. The van der Waals surface area contributed by atoms with E-state index in [1.54, 1.807) is 4.31 Å². The number of sulfonamides is 1. The lowest BCUT2D eigenvalue weighted by atomic mass is 9.88. The molecule has 4 rings (SSSR count). The number of hydrogen-bond donors (Lipinski definition) is 1. The van der Waals surface area contributed by atoms with Crippen LogP contribution in [0.5, 0.6) is 0 Å². The number of nitrogens with zero attached hydrogens (tertiary/aromatic N) is 3. The predicted octanol–water partition coefficient (Wildman–Crippen LogP) is -0.625. The Balaban J connectivity index is 1.56. The molecule has 4 aliphatic rings. The molecule has 0 radical (unpaired) electrons. The van der Waals surface area contributed by atoms with Gasteiger partial charge in [0.25, 0.3) is 0 Å². The summed E-state index contributed by atoms with van der Waals surface area (Å²) in [6.45, 7) is 7.04. The van der Waals surface area contributed by atoms with E-state index in [4.69, 9.17) is 5.73 Å². The van der Waals surface area contributed by atoms with Gasteiger partial charge in [0, 0.05) is 57.9 Å². The van der Waals surface area contributed by atoms with Crippen LogP contribution < -0.4 is 5.73 Å². The molecule has 0 spiro atoms. The zero-order valence-electron chi connectivity index (χ0n) is 12.9. The third-order valence-electron chi connectivity index (χ3n) is 5.37. The van der Waals surface area contributed by atoms with Crippen LogP contribution in [0.1, 0.15) is 19.3 Å². The molecular formula is C14H28N4O2S. The molecule has 0 aromatic carbocycles. The van der Waals surface area contributed by atoms with Crippen molar-refractivity contribution in [3.63, 3.8) is 0 Å². The minimum absolute atomic E-state index is 0.164. The number of fused-ring (bicyclic) bond motifs is 3. The number of nitrogens with two attached hydrogens (primary N) is 1. The maximum atomic E-state index is 11.7. The van der Waals surface area contributed by atoms with Gasteiger partial charge in [0.15, 0.2) is 0 Å². The third kappa shape index (κ3) is 3.59. The maximum Gasteiger partial charge on any atom is 0.211 e. The second-order valence-electron chi connectivity index (χ2n) is 6.93. The Morgan fingerprint density at radius 1 is 1.14 bits per heavy atom. The Bertz CT molecular complexity index is 462. The van der Waals surface area contributed by atoms with Gasteiger partial charge in [0.1, 0.15) is 0 Å². The van der Waals surface area contributed by atoms with E-state index in [1.165, 1.54) is 19.3 Å². The van der Waals surface area contributed by atoms with Gasteiger partial charge >= 0.3 is 0 Å². The molecule has 122 valence electrons. The topological polar surface area (TPSA) is 69.9 Å². The van der Waals surface area contributed by atoms with Crippen LogP contribution in [0.4, 0.5) is 0 Å². The summed E-state index contributed by atoms with van der Waals surface area (Å²) >= 11 is 0. The van der Waals surface area contributed by atoms with Gasteiger partial charge in [0.05, 0.1) is 6.26 Å². The average molecular weight is 316 g/mol. The van der Waals surface area contributed by atoms with Crippen molar-refractivity contribution in [3.05, 3.63) is 0 Å². The monoisotopic (exact) mass is 316 g/mol. The van der Waals surface area contributed by atoms with Crippen molar-refractivity contribution < 1.29 is 8.42 Å². The maximum absolute atomic E-state index is 11.7. The molecule has 0 aromatic heterocycles. The number of piperidine rings is 1. The van der Waals surface area contributed by atoms with Gasteiger partial charge in [-0.3, -0.25) is 9.80 Å². The summed E-state index contributed by atoms with van der Waals surface area (Å²) in [7, 11) is -3.05. The smallest absolute Gasteiger partial charge is 0.211 e. The first-order valence-electron chi connectivity index (χ1n) is 8.10. The Morgan fingerprint density at radius 2 is 1.86 bits per heavy atom. The quantitative estimate of drug-likeness (QED) is 0.748. The van der Waals surface area contributed by atoms with Crippen LogP contribution in [0.25, 0.3) is 0 Å². The number of piperazine rings is 3. The molecule has 0 saturated carbocycles. The minimum Gasteiger partial charge on any atom is -0.326 e. The molecule has 2 N–H and O–H groups in total. The van der Waals surface area contributed by atoms with Crippen molar-refractivity contribution in [2.75, 3.05) is 52.1 Å². The highest BCUT2D eigenvalue weighted by atomic mass is 32.2. The van der Waals surface area contributed by atoms with E-state index in [0.29, 0.717) is 25.0 Å². The van der Waals surface area contributed by atoms with Gasteiger partial charge < -0.3 is 5.73 Å². The number of rotatable bonds is 4. The molecule has 4 fully saturated rings. The summed E-state index contributed by atoms with van der Waals surface area (Å²) in [5, 5.41) is 0. The van der Waals surface area contributed by atoms with Gasteiger partial charge in [-0.1, -0.05) is 0 Å². The molecule has 4 heterocycles. The fourth-order valence-corrected chi connectivity index (χ4v) is 5.07. The summed E-state index contributed by atoms with van der Waals surface area (Å²) in [5.74, 6) is 0.417. The first-order chi connectivity index (χ1) is 9.93. The molecule has 0 aliphatic carbocycles.